The molecule has 0 atom stereocenters. The van der Waals surface area contributed by atoms with Gasteiger partial charge in [-0.3, -0.25) is 14.2 Å². The minimum Gasteiger partial charge on any atom is -0.359 e. The Labute approximate surface area is 160 Å². The molecule has 0 aliphatic heterocycles. The van der Waals surface area contributed by atoms with Gasteiger partial charge in [0.2, 0.25) is 0 Å². The zero-order valence-electron chi connectivity index (χ0n) is 14.5. The van der Waals surface area contributed by atoms with Gasteiger partial charge >= 0.3 is 0 Å². The Morgan fingerprint density at radius 1 is 1.00 bits per heavy atom. The van der Waals surface area contributed by atoms with E-state index in [0.29, 0.717) is 28.3 Å². The van der Waals surface area contributed by atoms with E-state index in [2.05, 4.69) is 9.97 Å². The Balaban J connectivity index is 1.72. The van der Waals surface area contributed by atoms with Crippen LogP contribution in [0.5, 0.6) is 0 Å². The number of carbonyl (C=O) groups is 1. The summed E-state index contributed by atoms with van der Waals surface area (Å²) in [6, 6.07) is 20.6. The van der Waals surface area contributed by atoms with Gasteiger partial charge in [-0.25, -0.2) is 4.98 Å². The third-order valence-electron chi connectivity index (χ3n) is 4.24. The summed E-state index contributed by atoms with van der Waals surface area (Å²) < 4.78 is 1.64. The molecular weight excluding hydrogens is 358 g/mol. The molecule has 0 amide bonds. The van der Waals surface area contributed by atoms with E-state index >= 15 is 0 Å². The first kappa shape index (κ1) is 17.3. The van der Waals surface area contributed by atoms with Gasteiger partial charge in [0.25, 0.3) is 5.56 Å². The summed E-state index contributed by atoms with van der Waals surface area (Å²) in [4.78, 5) is 32.9. The average molecular weight is 375 g/mol. The lowest BCUT2D eigenvalue weighted by Gasteiger charge is -2.13. The second-order valence-corrected chi connectivity index (χ2v) is 7.03. The van der Waals surface area contributed by atoms with Crippen LogP contribution in [0, 0.1) is 0 Å². The fourth-order valence-electron chi connectivity index (χ4n) is 2.87. The fourth-order valence-corrected chi connectivity index (χ4v) is 3.76. The van der Waals surface area contributed by atoms with Crippen LogP contribution in [0.3, 0.4) is 0 Å². The van der Waals surface area contributed by atoms with E-state index in [1.165, 1.54) is 11.8 Å². The van der Waals surface area contributed by atoms with Crippen LogP contribution in [0.25, 0.3) is 10.9 Å². The third kappa shape index (κ3) is 3.71. The number of hydrogen-bond donors (Lipinski definition) is 1. The van der Waals surface area contributed by atoms with Gasteiger partial charge in [-0.2, -0.15) is 0 Å². The summed E-state index contributed by atoms with van der Waals surface area (Å²) in [5.74, 6) is 0.179. The lowest BCUT2D eigenvalue weighted by atomic mass is 10.2. The van der Waals surface area contributed by atoms with Crippen molar-refractivity contribution in [3.05, 3.63) is 94.5 Å². The van der Waals surface area contributed by atoms with Crippen molar-refractivity contribution >= 4 is 28.4 Å². The molecule has 0 aliphatic carbocycles. The Morgan fingerprint density at radius 3 is 2.56 bits per heavy atom. The van der Waals surface area contributed by atoms with Crippen molar-refractivity contribution in [2.45, 2.75) is 11.7 Å². The van der Waals surface area contributed by atoms with E-state index in [0.717, 1.165) is 5.56 Å². The number of nitrogens with zero attached hydrogens (tertiary/aromatic N) is 2. The fraction of sp³-hybridized carbons (Fsp3) is 0.0952. The highest BCUT2D eigenvalue weighted by atomic mass is 32.2. The third-order valence-corrected chi connectivity index (χ3v) is 5.22. The highest BCUT2D eigenvalue weighted by Gasteiger charge is 2.14. The number of benzene rings is 2. The number of aromatic amines is 1. The molecule has 4 aromatic rings. The van der Waals surface area contributed by atoms with Crippen LogP contribution < -0.4 is 5.56 Å². The normalized spacial score (nSPS) is 11.0. The molecule has 2 heterocycles. The van der Waals surface area contributed by atoms with Crippen molar-refractivity contribution in [3.8, 4) is 0 Å². The Hall–Kier alpha value is -3.12. The number of ketones is 1. The molecule has 0 aliphatic rings. The standard InChI is InChI=1S/C21H17N3O2S/c25-19(18-11-6-12-22-18)14-27-21-23-17-10-5-4-9-16(17)20(26)24(21)13-15-7-2-1-3-8-15/h1-12,22H,13-14H2. The van der Waals surface area contributed by atoms with Crippen LogP contribution in [-0.2, 0) is 6.54 Å². The topological polar surface area (TPSA) is 67.8 Å². The molecule has 0 saturated heterocycles. The van der Waals surface area contributed by atoms with Crippen LogP contribution in [0.4, 0.5) is 0 Å². The highest BCUT2D eigenvalue weighted by molar-refractivity contribution is 7.99. The first-order valence-corrected chi connectivity index (χ1v) is 9.54. The minimum atomic E-state index is -0.0979. The summed E-state index contributed by atoms with van der Waals surface area (Å²) in [5.41, 5.74) is 2.11. The summed E-state index contributed by atoms with van der Waals surface area (Å²) in [6.07, 6.45) is 1.72. The van der Waals surface area contributed by atoms with Crippen molar-refractivity contribution in [2.75, 3.05) is 5.75 Å². The molecule has 0 spiro atoms. The number of nitrogens with one attached hydrogen (secondary N) is 1. The van der Waals surface area contributed by atoms with Crippen LogP contribution >= 0.6 is 11.8 Å². The van der Waals surface area contributed by atoms with E-state index in [1.807, 2.05) is 48.5 Å². The summed E-state index contributed by atoms with van der Waals surface area (Å²) in [7, 11) is 0. The summed E-state index contributed by atoms with van der Waals surface area (Å²) in [5, 5.41) is 1.12. The number of aromatic nitrogens is 3. The van der Waals surface area contributed by atoms with Gasteiger partial charge in [0.15, 0.2) is 10.9 Å². The molecule has 2 aromatic carbocycles. The lowest BCUT2D eigenvalue weighted by molar-refractivity contribution is 0.101. The second kappa shape index (κ2) is 7.63. The molecule has 27 heavy (non-hydrogen) atoms. The molecule has 2 aromatic heterocycles. The average Bonchev–Trinajstić information content (AvgIpc) is 3.24. The monoisotopic (exact) mass is 375 g/mol. The number of hydrogen-bond acceptors (Lipinski definition) is 4. The second-order valence-electron chi connectivity index (χ2n) is 6.08. The van der Waals surface area contributed by atoms with Crippen LogP contribution in [0.1, 0.15) is 16.1 Å². The van der Waals surface area contributed by atoms with Gasteiger partial charge in [0.05, 0.1) is 28.9 Å². The molecule has 4 rings (SSSR count). The van der Waals surface area contributed by atoms with Crippen LogP contribution in [0.15, 0.2) is 82.9 Å². The van der Waals surface area contributed by atoms with E-state index < -0.39 is 0 Å². The summed E-state index contributed by atoms with van der Waals surface area (Å²) >= 11 is 1.28. The maximum Gasteiger partial charge on any atom is 0.262 e. The van der Waals surface area contributed by atoms with Gasteiger partial charge in [-0.1, -0.05) is 54.2 Å². The van der Waals surface area contributed by atoms with Gasteiger partial charge in [0, 0.05) is 6.20 Å². The lowest BCUT2D eigenvalue weighted by Crippen LogP contribution is -2.24. The maximum absolute atomic E-state index is 13.0. The molecule has 0 unspecified atom stereocenters. The van der Waals surface area contributed by atoms with Crippen molar-refractivity contribution in [1.82, 2.24) is 14.5 Å². The first-order chi connectivity index (χ1) is 13.2. The van der Waals surface area contributed by atoms with Crippen LogP contribution in [0.2, 0.25) is 0 Å². The number of rotatable bonds is 6. The quantitative estimate of drug-likeness (QED) is 0.317. The zero-order chi connectivity index (χ0) is 18.6. The number of fused-ring (bicyclic) bond motifs is 1. The number of Topliss-reactive ketones (excluding diaryl/α,β-unsaturated/α-hetero) is 1. The Morgan fingerprint density at radius 2 is 1.78 bits per heavy atom. The van der Waals surface area contributed by atoms with Gasteiger partial charge < -0.3 is 4.98 Å². The number of H-pyrrole nitrogens is 1. The van der Waals surface area contributed by atoms with E-state index in [9.17, 15) is 9.59 Å². The van der Waals surface area contributed by atoms with Crippen molar-refractivity contribution in [2.24, 2.45) is 0 Å². The largest absolute Gasteiger partial charge is 0.359 e. The molecule has 6 heteroatoms. The minimum absolute atomic E-state index is 0.0290. The maximum atomic E-state index is 13.0. The number of thioether (sulfide) groups is 1. The molecule has 0 radical (unpaired) electrons. The predicted octanol–water partition coefficient (Wildman–Crippen LogP) is 3.75. The predicted molar refractivity (Wildman–Crippen MR) is 107 cm³/mol. The molecule has 134 valence electrons. The van der Waals surface area contributed by atoms with E-state index in [4.69, 9.17) is 0 Å². The SMILES string of the molecule is O=C(CSc1nc2ccccc2c(=O)n1Cc1ccccc1)c1ccc[nH]1. The molecule has 0 fully saturated rings. The number of carbonyl (C=O) groups excluding carboxylic acids is 1. The van der Waals surface area contributed by atoms with E-state index in [1.54, 1.807) is 29.0 Å². The molecule has 0 saturated carbocycles. The van der Waals surface area contributed by atoms with Gasteiger partial charge in [-0.15, -0.1) is 0 Å². The van der Waals surface area contributed by atoms with Gasteiger partial charge in [-0.05, 0) is 29.8 Å². The Bertz CT molecular complexity index is 1140. The summed E-state index contributed by atoms with van der Waals surface area (Å²) in [6.45, 7) is 0.413. The van der Waals surface area contributed by atoms with E-state index in [-0.39, 0.29) is 17.1 Å². The van der Waals surface area contributed by atoms with Crippen molar-refractivity contribution < 1.29 is 4.79 Å². The zero-order valence-corrected chi connectivity index (χ0v) is 15.3. The molecule has 1 N–H and O–H groups in total. The smallest absolute Gasteiger partial charge is 0.262 e. The first-order valence-electron chi connectivity index (χ1n) is 8.55. The highest BCUT2D eigenvalue weighted by Crippen LogP contribution is 2.20. The van der Waals surface area contributed by atoms with Crippen LogP contribution in [-0.4, -0.2) is 26.1 Å². The number of para-hydroxylation sites is 1. The van der Waals surface area contributed by atoms with Crippen molar-refractivity contribution in [3.63, 3.8) is 0 Å². The molecule has 0 bridgehead atoms. The molecular formula is C21H17N3O2S. The van der Waals surface area contributed by atoms with Crippen molar-refractivity contribution in [1.29, 1.82) is 0 Å². The molecule has 5 nitrogen and oxygen atoms in total. The Kier molecular flexibility index (Phi) is 4.89. The van der Waals surface area contributed by atoms with Gasteiger partial charge in [0.1, 0.15) is 0 Å².